The lowest BCUT2D eigenvalue weighted by molar-refractivity contribution is 0.417. The molecule has 0 fully saturated rings. The van der Waals surface area contributed by atoms with E-state index in [0.717, 1.165) is 0 Å². The Kier molecular flexibility index (Phi) is 6.52. The monoisotopic (exact) mass is 461 g/mol. The van der Waals surface area contributed by atoms with Crippen LogP contribution in [0.15, 0.2) is 42.6 Å². The van der Waals surface area contributed by atoms with Crippen LogP contribution >= 0.6 is 30.3 Å². The summed E-state index contributed by atoms with van der Waals surface area (Å²) in [6.07, 6.45) is 1.44. The third-order valence-corrected chi connectivity index (χ3v) is 6.19. The fourth-order valence-corrected chi connectivity index (χ4v) is 3.77. The zero-order valence-corrected chi connectivity index (χ0v) is 18.8. The molecule has 2 aromatic carbocycles. The van der Waals surface area contributed by atoms with E-state index in [-0.39, 0.29) is 11.0 Å². The van der Waals surface area contributed by atoms with Crippen molar-refractivity contribution in [1.29, 1.82) is 5.26 Å². The Hall–Kier alpha value is -2.78. The van der Waals surface area contributed by atoms with Crippen LogP contribution in [0.4, 0.5) is 23.1 Å². The number of nitrogens with one attached hydrogen (secondary N) is 2. The van der Waals surface area contributed by atoms with E-state index in [0.29, 0.717) is 38.8 Å². The summed E-state index contributed by atoms with van der Waals surface area (Å²) < 4.78 is 17.7. The normalized spacial score (nSPS) is 10.9. The average Bonchev–Trinajstić information content (AvgIpc) is 2.71. The first kappa shape index (κ1) is 21.9. The highest BCUT2D eigenvalue weighted by atomic mass is 35.5. The number of benzene rings is 2. The summed E-state index contributed by atoms with van der Waals surface area (Å²) >= 11 is 12.2. The van der Waals surface area contributed by atoms with Gasteiger partial charge in [-0.05, 0) is 49.7 Å². The van der Waals surface area contributed by atoms with Crippen LogP contribution in [0.25, 0.3) is 0 Å². The number of rotatable bonds is 6. The molecule has 0 bridgehead atoms. The van der Waals surface area contributed by atoms with E-state index in [4.69, 9.17) is 27.9 Å². The summed E-state index contributed by atoms with van der Waals surface area (Å²) in [5, 5.41) is 16.9. The fourth-order valence-electron chi connectivity index (χ4n) is 2.60. The van der Waals surface area contributed by atoms with Gasteiger partial charge in [-0.2, -0.15) is 10.2 Å². The van der Waals surface area contributed by atoms with Gasteiger partial charge in [0.1, 0.15) is 24.0 Å². The molecule has 0 amide bonds. The number of ether oxygens (including phenoxy) is 1. The van der Waals surface area contributed by atoms with Gasteiger partial charge in [0, 0.05) is 10.3 Å². The Morgan fingerprint density at radius 2 is 1.83 bits per heavy atom. The molecular weight excluding hydrogens is 444 g/mol. The molecule has 154 valence electrons. The maximum atomic E-state index is 12.3. The number of anilines is 4. The summed E-state index contributed by atoms with van der Waals surface area (Å²) in [6, 6.07) is 12.2. The molecule has 0 aliphatic rings. The Labute approximate surface area is 184 Å². The first-order valence-corrected chi connectivity index (χ1v) is 12.1. The van der Waals surface area contributed by atoms with Crippen molar-refractivity contribution in [2.24, 2.45) is 0 Å². The molecule has 3 rings (SSSR count). The molecule has 30 heavy (non-hydrogen) atoms. The molecule has 0 aliphatic carbocycles. The Morgan fingerprint density at radius 1 is 1.10 bits per heavy atom. The van der Waals surface area contributed by atoms with Crippen LogP contribution in [0.3, 0.4) is 0 Å². The fraction of sp³-hybridized carbons (Fsp3) is 0.150. The minimum Gasteiger partial charge on any atom is -0.495 e. The molecule has 2 N–H and O–H groups in total. The number of aromatic nitrogens is 2. The summed E-state index contributed by atoms with van der Waals surface area (Å²) in [6.45, 7) is 3.39. The van der Waals surface area contributed by atoms with Crippen molar-refractivity contribution in [3.05, 3.63) is 58.2 Å². The summed E-state index contributed by atoms with van der Waals surface area (Å²) in [5.41, 5.74) is 1.47. The molecule has 0 saturated carbocycles. The van der Waals surface area contributed by atoms with Crippen molar-refractivity contribution in [3.63, 3.8) is 0 Å². The Bertz CT molecular complexity index is 1190. The van der Waals surface area contributed by atoms with Gasteiger partial charge < -0.3 is 19.9 Å². The number of halogens is 2. The van der Waals surface area contributed by atoms with E-state index >= 15 is 0 Å². The van der Waals surface area contributed by atoms with Crippen LogP contribution < -0.4 is 20.7 Å². The standard InChI is InChI=1S/C20H18Cl2N5O2P/c1-29-18-9-14(30(2,3)28)5-7-17(18)26-20-24-11-15(22)19(27-20)25-16-6-4-13(21)8-12(16)10-23/h4-9,11H,1-3H3,(H2,24,25,26,27). The molecule has 7 nitrogen and oxygen atoms in total. The lowest BCUT2D eigenvalue weighted by Crippen LogP contribution is -2.07. The van der Waals surface area contributed by atoms with E-state index in [1.54, 1.807) is 49.7 Å². The zero-order chi connectivity index (χ0) is 21.9. The summed E-state index contributed by atoms with van der Waals surface area (Å²) in [7, 11) is -0.899. The number of nitrogens with zero attached hydrogens (tertiary/aromatic N) is 3. The molecule has 3 aromatic rings. The largest absolute Gasteiger partial charge is 0.495 e. The average molecular weight is 462 g/mol. The minimum atomic E-state index is -2.43. The maximum absolute atomic E-state index is 12.3. The molecule has 0 spiro atoms. The first-order valence-electron chi connectivity index (χ1n) is 8.71. The second kappa shape index (κ2) is 8.93. The molecule has 0 unspecified atom stereocenters. The molecule has 1 heterocycles. The lowest BCUT2D eigenvalue weighted by Gasteiger charge is -2.15. The molecule has 0 saturated heterocycles. The van der Waals surface area contributed by atoms with Crippen LogP contribution in [0.1, 0.15) is 5.56 Å². The van der Waals surface area contributed by atoms with Gasteiger partial charge in [-0.25, -0.2) is 4.98 Å². The van der Waals surface area contributed by atoms with Gasteiger partial charge in [0.05, 0.1) is 30.2 Å². The number of nitriles is 1. The van der Waals surface area contributed by atoms with Gasteiger partial charge in [0.15, 0.2) is 5.82 Å². The highest BCUT2D eigenvalue weighted by Gasteiger charge is 2.15. The van der Waals surface area contributed by atoms with Crippen molar-refractivity contribution in [2.75, 3.05) is 31.1 Å². The molecule has 0 atom stereocenters. The van der Waals surface area contributed by atoms with Crippen LogP contribution in [0, 0.1) is 11.3 Å². The van der Waals surface area contributed by atoms with Crippen LogP contribution in [0.2, 0.25) is 10.0 Å². The van der Waals surface area contributed by atoms with Crippen molar-refractivity contribution in [3.8, 4) is 11.8 Å². The van der Waals surface area contributed by atoms with Gasteiger partial charge in [0.25, 0.3) is 0 Å². The van der Waals surface area contributed by atoms with Crippen LogP contribution in [0.5, 0.6) is 5.75 Å². The van der Waals surface area contributed by atoms with Gasteiger partial charge >= 0.3 is 0 Å². The smallest absolute Gasteiger partial charge is 0.229 e. The number of methoxy groups -OCH3 is 1. The van der Waals surface area contributed by atoms with E-state index < -0.39 is 7.14 Å². The third-order valence-electron chi connectivity index (χ3n) is 4.15. The highest BCUT2D eigenvalue weighted by molar-refractivity contribution is 7.70. The Balaban J connectivity index is 1.91. The molecular formula is C20H18Cl2N5O2P. The van der Waals surface area contributed by atoms with E-state index in [9.17, 15) is 9.83 Å². The molecule has 10 heteroatoms. The maximum Gasteiger partial charge on any atom is 0.229 e. The van der Waals surface area contributed by atoms with Crippen molar-refractivity contribution >= 4 is 58.8 Å². The summed E-state index contributed by atoms with van der Waals surface area (Å²) in [4.78, 5) is 8.58. The second-order valence-electron chi connectivity index (χ2n) is 6.68. The van der Waals surface area contributed by atoms with Gasteiger partial charge in [-0.1, -0.05) is 23.2 Å². The SMILES string of the molecule is COc1cc(P(C)(C)=O)ccc1Nc1ncc(Cl)c(Nc2ccc(Cl)cc2C#N)n1. The van der Waals surface area contributed by atoms with Crippen molar-refractivity contribution < 1.29 is 9.30 Å². The highest BCUT2D eigenvalue weighted by Crippen LogP contribution is 2.38. The minimum absolute atomic E-state index is 0.261. The quantitative estimate of drug-likeness (QED) is 0.474. The predicted octanol–water partition coefficient (Wildman–Crippen LogP) is 5.40. The summed E-state index contributed by atoms with van der Waals surface area (Å²) in [5.74, 6) is 1.08. The van der Waals surface area contributed by atoms with Gasteiger partial charge in [-0.15, -0.1) is 0 Å². The lowest BCUT2D eigenvalue weighted by atomic mass is 10.2. The van der Waals surface area contributed by atoms with Gasteiger partial charge in [0.2, 0.25) is 5.95 Å². The third kappa shape index (κ3) is 5.03. The predicted molar refractivity (Wildman–Crippen MR) is 122 cm³/mol. The van der Waals surface area contributed by atoms with E-state index in [1.807, 2.05) is 0 Å². The van der Waals surface area contributed by atoms with E-state index in [1.165, 1.54) is 13.3 Å². The van der Waals surface area contributed by atoms with Crippen LogP contribution in [-0.2, 0) is 4.57 Å². The molecule has 1 aromatic heterocycles. The van der Waals surface area contributed by atoms with Gasteiger partial charge in [-0.3, -0.25) is 0 Å². The second-order valence-corrected chi connectivity index (χ2v) is 10.7. The topological polar surface area (TPSA) is 99.9 Å². The number of hydrogen-bond donors (Lipinski definition) is 2. The first-order chi connectivity index (χ1) is 14.2. The van der Waals surface area contributed by atoms with Crippen LogP contribution in [-0.4, -0.2) is 30.4 Å². The molecule has 0 radical (unpaired) electrons. The zero-order valence-electron chi connectivity index (χ0n) is 16.4. The molecule has 0 aliphatic heterocycles. The van der Waals surface area contributed by atoms with Crippen molar-refractivity contribution in [1.82, 2.24) is 9.97 Å². The van der Waals surface area contributed by atoms with Crippen molar-refractivity contribution in [2.45, 2.75) is 0 Å². The van der Waals surface area contributed by atoms with E-state index in [2.05, 4.69) is 26.7 Å². The number of hydrogen-bond acceptors (Lipinski definition) is 7. The Morgan fingerprint density at radius 3 is 2.50 bits per heavy atom.